The molecule has 0 fully saturated rings. The summed E-state index contributed by atoms with van der Waals surface area (Å²) in [5, 5.41) is 7.47. The van der Waals surface area contributed by atoms with Crippen LogP contribution in [0.5, 0.6) is 0 Å². The number of nitrogens with one attached hydrogen (secondary N) is 1. The van der Waals surface area contributed by atoms with Crippen LogP contribution in [-0.4, -0.2) is 13.1 Å². The summed E-state index contributed by atoms with van der Waals surface area (Å²) in [6, 6.07) is 7.46. The Balaban J connectivity index is 2.07. The van der Waals surface area contributed by atoms with Crippen LogP contribution in [0.15, 0.2) is 39.5 Å². The van der Waals surface area contributed by atoms with Crippen molar-refractivity contribution in [3.05, 3.63) is 56.4 Å². The standard InChI is InChI=1S/C14H15BrFNS/c1-17-13(6-10-4-5-18-9-10)8-11-7-12(15)2-3-14(11)16/h2-5,7,9,13,17H,6,8H2,1H3. The minimum Gasteiger partial charge on any atom is -0.316 e. The summed E-state index contributed by atoms with van der Waals surface area (Å²) in [6.45, 7) is 0. The Morgan fingerprint density at radius 2 is 2.17 bits per heavy atom. The van der Waals surface area contributed by atoms with Crippen LogP contribution in [0.25, 0.3) is 0 Å². The third kappa shape index (κ3) is 3.64. The molecule has 0 saturated heterocycles. The van der Waals surface area contributed by atoms with Gasteiger partial charge in [-0.15, -0.1) is 0 Å². The van der Waals surface area contributed by atoms with Crippen molar-refractivity contribution in [2.45, 2.75) is 18.9 Å². The molecular formula is C14H15BrFNS. The first-order chi connectivity index (χ1) is 8.69. The van der Waals surface area contributed by atoms with Crippen LogP contribution in [0.2, 0.25) is 0 Å². The Morgan fingerprint density at radius 3 is 2.83 bits per heavy atom. The maximum absolute atomic E-state index is 13.7. The van der Waals surface area contributed by atoms with Gasteiger partial charge in [0.25, 0.3) is 0 Å². The summed E-state index contributed by atoms with van der Waals surface area (Å²) >= 11 is 5.08. The van der Waals surface area contributed by atoms with Crippen molar-refractivity contribution in [1.29, 1.82) is 0 Å². The van der Waals surface area contributed by atoms with Crippen LogP contribution >= 0.6 is 27.3 Å². The quantitative estimate of drug-likeness (QED) is 0.874. The number of likely N-dealkylation sites (N-methyl/N-ethyl adjacent to an activating group) is 1. The minimum atomic E-state index is -0.135. The van der Waals surface area contributed by atoms with Gasteiger partial charge in [0.05, 0.1) is 0 Å². The smallest absolute Gasteiger partial charge is 0.126 e. The molecule has 18 heavy (non-hydrogen) atoms. The van der Waals surface area contributed by atoms with E-state index in [-0.39, 0.29) is 11.9 Å². The highest BCUT2D eigenvalue weighted by atomic mass is 79.9. The summed E-state index contributed by atoms with van der Waals surface area (Å²) < 4.78 is 14.6. The number of halogens is 2. The van der Waals surface area contributed by atoms with E-state index in [1.54, 1.807) is 17.4 Å². The number of thiophene rings is 1. The fraction of sp³-hybridized carbons (Fsp3) is 0.286. The van der Waals surface area contributed by atoms with E-state index in [2.05, 4.69) is 38.1 Å². The lowest BCUT2D eigenvalue weighted by atomic mass is 10.0. The van der Waals surface area contributed by atoms with Gasteiger partial charge in [0, 0.05) is 10.5 Å². The Morgan fingerprint density at radius 1 is 1.33 bits per heavy atom. The number of rotatable bonds is 5. The predicted molar refractivity (Wildman–Crippen MR) is 78.7 cm³/mol. The highest BCUT2D eigenvalue weighted by Crippen LogP contribution is 2.18. The van der Waals surface area contributed by atoms with E-state index >= 15 is 0 Å². The molecule has 0 amide bonds. The van der Waals surface area contributed by atoms with Gasteiger partial charge >= 0.3 is 0 Å². The van der Waals surface area contributed by atoms with Crippen LogP contribution in [-0.2, 0) is 12.8 Å². The van der Waals surface area contributed by atoms with Crippen molar-refractivity contribution in [3.8, 4) is 0 Å². The van der Waals surface area contributed by atoms with Crippen LogP contribution in [0.4, 0.5) is 4.39 Å². The Kier molecular flexibility index (Phi) is 4.92. The van der Waals surface area contributed by atoms with Crippen molar-refractivity contribution in [1.82, 2.24) is 5.32 Å². The SMILES string of the molecule is CNC(Cc1ccsc1)Cc1cc(Br)ccc1F. The fourth-order valence-electron chi connectivity index (χ4n) is 1.93. The van der Waals surface area contributed by atoms with E-state index in [1.807, 2.05) is 13.1 Å². The molecule has 0 radical (unpaired) electrons. The third-order valence-electron chi connectivity index (χ3n) is 2.94. The molecule has 1 heterocycles. The minimum absolute atomic E-state index is 0.135. The third-order valence-corrected chi connectivity index (χ3v) is 4.17. The molecule has 96 valence electrons. The van der Waals surface area contributed by atoms with Gasteiger partial charge in [0.1, 0.15) is 5.82 Å². The molecule has 1 aromatic heterocycles. The lowest BCUT2D eigenvalue weighted by Gasteiger charge is -2.16. The molecular weight excluding hydrogens is 313 g/mol. The molecule has 1 atom stereocenters. The van der Waals surface area contributed by atoms with Crippen molar-refractivity contribution >= 4 is 27.3 Å². The van der Waals surface area contributed by atoms with Gasteiger partial charge in [-0.25, -0.2) is 4.39 Å². The number of hydrogen-bond donors (Lipinski definition) is 1. The van der Waals surface area contributed by atoms with Crippen molar-refractivity contribution in [2.75, 3.05) is 7.05 Å². The second-order valence-corrected chi connectivity index (χ2v) is 5.96. The number of benzene rings is 1. The van der Waals surface area contributed by atoms with Crippen molar-refractivity contribution in [2.24, 2.45) is 0 Å². The van der Waals surface area contributed by atoms with Crippen molar-refractivity contribution in [3.63, 3.8) is 0 Å². The highest BCUT2D eigenvalue weighted by Gasteiger charge is 2.12. The molecule has 4 heteroatoms. The van der Waals surface area contributed by atoms with Crippen LogP contribution in [0, 0.1) is 5.82 Å². The van der Waals surface area contributed by atoms with Gasteiger partial charge in [-0.1, -0.05) is 15.9 Å². The summed E-state index contributed by atoms with van der Waals surface area (Å²) in [7, 11) is 1.92. The van der Waals surface area contributed by atoms with E-state index in [0.717, 1.165) is 16.5 Å². The van der Waals surface area contributed by atoms with Crippen LogP contribution < -0.4 is 5.32 Å². The van der Waals surface area contributed by atoms with Gasteiger partial charge in [-0.05, 0) is 66.0 Å². The maximum Gasteiger partial charge on any atom is 0.126 e. The molecule has 1 N–H and O–H groups in total. The average molecular weight is 328 g/mol. The highest BCUT2D eigenvalue weighted by molar-refractivity contribution is 9.10. The molecule has 0 aliphatic carbocycles. The molecule has 0 bridgehead atoms. The van der Waals surface area contributed by atoms with Gasteiger partial charge in [-0.3, -0.25) is 0 Å². The van der Waals surface area contributed by atoms with Gasteiger partial charge in [0.15, 0.2) is 0 Å². The van der Waals surface area contributed by atoms with E-state index in [1.165, 1.54) is 11.6 Å². The second-order valence-electron chi connectivity index (χ2n) is 4.26. The van der Waals surface area contributed by atoms with E-state index in [9.17, 15) is 4.39 Å². The first-order valence-electron chi connectivity index (χ1n) is 5.81. The summed E-state index contributed by atoms with van der Waals surface area (Å²) in [5.74, 6) is -0.135. The van der Waals surface area contributed by atoms with Gasteiger partial charge in [-0.2, -0.15) is 11.3 Å². The van der Waals surface area contributed by atoms with E-state index in [4.69, 9.17) is 0 Å². The largest absolute Gasteiger partial charge is 0.316 e. The molecule has 0 aliphatic heterocycles. The number of hydrogen-bond acceptors (Lipinski definition) is 2. The average Bonchev–Trinajstić information content (AvgIpc) is 2.85. The molecule has 0 spiro atoms. The summed E-state index contributed by atoms with van der Waals surface area (Å²) in [4.78, 5) is 0. The van der Waals surface area contributed by atoms with Crippen LogP contribution in [0.3, 0.4) is 0 Å². The maximum atomic E-state index is 13.7. The Hall–Kier alpha value is -0.710. The molecule has 1 unspecified atom stereocenters. The second kappa shape index (κ2) is 6.45. The zero-order valence-electron chi connectivity index (χ0n) is 10.1. The molecule has 0 aliphatic rings. The lowest BCUT2D eigenvalue weighted by Crippen LogP contribution is -2.30. The van der Waals surface area contributed by atoms with E-state index < -0.39 is 0 Å². The Bertz CT molecular complexity index is 499. The van der Waals surface area contributed by atoms with Gasteiger partial charge in [0.2, 0.25) is 0 Å². The molecule has 2 rings (SSSR count). The van der Waals surface area contributed by atoms with Gasteiger partial charge < -0.3 is 5.32 Å². The molecule has 1 nitrogen and oxygen atoms in total. The summed E-state index contributed by atoms with van der Waals surface area (Å²) in [6.07, 6.45) is 1.61. The first-order valence-corrected chi connectivity index (χ1v) is 7.55. The zero-order chi connectivity index (χ0) is 13.0. The van der Waals surface area contributed by atoms with E-state index in [0.29, 0.717) is 6.42 Å². The molecule has 1 aromatic carbocycles. The normalized spacial score (nSPS) is 12.6. The molecule has 0 saturated carbocycles. The first kappa shape index (κ1) is 13.7. The fourth-order valence-corrected chi connectivity index (χ4v) is 3.02. The predicted octanol–water partition coefficient (Wildman–Crippen LogP) is 4.02. The van der Waals surface area contributed by atoms with Crippen molar-refractivity contribution < 1.29 is 4.39 Å². The van der Waals surface area contributed by atoms with Crippen LogP contribution in [0.1, 0.15) is 11.1 Å². The monoisotopic (exact) mass is 327 g/mol. The lowest BCUT2D eigenvalue weighted by molar-refractivity contribution is 0.532. The molecule has 2 aromatic rings. The Labute approximate surface area is 119 Å². The topological polar surface area (TPSA) is 12.0 Å². The zero-order valence-corrected chi connectivity index (χ0v) is 12.5. The summed E-state index contributed by atoms with van der Waals surface area (Å²) in [5.41, 5.74) is 2.05.